The van der Waals surface area contributed by atoms with Crippen molar-refractivity contribution in [3.05, 3.63) is 47.3 Å². The third kappa shape index (κ3) is 4.87. The van der Waals surface area contributed by atoms with Crippen LogP contribution in [0.5, 0.6) is 11.5 Å². The van der Waals surface area contributed by atoms with Crippen molar-refractivity contribution in [2.75, 3.05) is 31.4 Å². The molecule has 142 valence electrons. The number of hydrogen-bond donors (Lipinski definition) is 2. The maximum atomic E-state index is 5.34. The monoisotopic (exact) mass is 369 g/mol. The van der Waals surface area contributed by atoms with Gasteiger partial charge in [-0.25, -0.2) is 4.98 Å². The van der Waals surface area contributed by atoms with Crippen LogP contribution in [0.1, 0.15) is 17.0 Å². The molecule has 0 unspecified atom stereocenters. The highest BCUT2D eigenvalue weighted by Gasteiger charge is 2.07. The second kappa shape index (κ2) is 8.39. The van der Waals surface area contributed by atoms with Crippen molar-refractivity contribution in [2.45, 2.75) is 20.3 Å². The fourth-order valence-corrected chi connectivity index (χ4v) is 2.62. The lowest BCUT2D eigenvalue weighted by Gasteiger charge is -2.11. The molecule has 8 nitrogen and oxygen atoms in total. The van der Waals surface area contributed by atoms with E-state index in [1.807, 2.05) is 44.2 Å². The summed E-state index contributed by atoms with van der Waals surface area (Å²) in [4.78, 5) is 8.89. The van der Waals surface area contributed by atoms with Gasteiger partial charge in [0.1, 0.15) is 11.6 Å². The largest absolute Gasteiger partial charge is 0.493 e. The van der Waals surface area contributed by atoms with Gasteiger partial charge in [-0.1, -0.05) is 11.2 Å². The van der Waals surface area contributed by atoms with Gasteiger partial charge < -0.3 is 24.6 Å². The number of nitrogens with one attached hydrogen (secondary N) is 2. The predicted octanol–water partition coefficient (Wildman–Crippen LogP) is 3.50. The highest BCUT2D eigenvalue weighted by atomic mass is 16.5. The van der Waals surface area contributed by atoms with Crippen LogP contribution in [0.15, 0.2) is 34.9 Å². The Morgan fingerprint density at radius 3 is 2.48 bits per heavy atom. The Morgan fingerprint density at radius 1 is 0.963 bits per heavy atom. The fourth-order valence-electron chi connectivity index (χ4n) is 2.62. The van der Waals surface area contributed by atoms with Crippen LogP contribution >= 0.6 is 0 Å². The van der Waals surface area contributed by atoms with Crippen molar-refractivity contribution in [3.8, 4) is 11.5 Å². The zero-order valence-electron chi connectivity index (χ0n) is 15.9. The molecule has 3 rings (SSSR count). The molecule has 3 aromatic rings. The fraction of sp³-hybridized carbons (Fsp3) is 0.316. The Bertz CT molecular complexity index is 910. The van der Waals surface area contributed by atoms with E-state index < -0.39 is 0 Å². The molecular formula is C19H23N5O3. The Labute approximate surface area is 157 Å². The molecule has 2 heterocycles. The van der Waals surface area contributed by atoms with E-state index in [1.54, 1.807) is 14.2 Å². The van der Waals surface area contributed by atoms with Crippen LogP contribution < -0.4 is 20.1 Å². The highest BCUT2D eigenvalue weighted by Crippen LogP contribution is 2.27. The number of hydrogen-bond acceptors (Lipinski definition) is 8. The summed E-state index contributed by atoms with van der Waals surface area (Å²) in [7, 11) is 3.26. The highest BCUT2D eigenvalue weighted by molar-refractivity contribution is 5.53. The summed E-state index contributed by atoms with van der Waals surface area (Å²) in [6, 6.07) is 9.54. The minimum atomic E-state index is 0.554. The number of benzene rings is 1. The Balaban J connectivity index is 1.62. The van der Waals surface area contributed by atoms with E-state index in [1.165, 1.54) is 0 Å². The SMILES string of the molecule is COc1ccc(CCNc2nc(C)cc(Nc3cc(C)on3)n2)cc1OC. The summed E-state index contributed by atoms with van der Waals surface area (Å²) < 4.78 is 15.7. The molecule has 0 aliphatic rings. The van der Waals surface area contributed by atoms with Crippen molar-refractivity contribution in [1.29, 1.82) is 0 Å². The van der Waals surface area contributed by atoms with E-state index in [2.05, 4.69) is 25.8 Å². The summed E-state index contributed by atoms with van der Waals surface area (Å²) in [5.41, 5.74) is 1.98. The molecular weight excluding hydrogens is 346 g/mol. The number of ether oxygens (including phenoxy) is 2. The molecule has 1 aromatic carbocycles. The molecule has 0 aliphatic carbocycles. The van der Waals surface area contributed by atoms with Crippen molar-refractivity contribution < 1.29 is 14.0 Å². The van der Waals surface area contributed by atoms with Crippen LogP contribution in [0.25, 0.3) is 0 Å². The van der Waals surface area contributed by atoms with Crippen molar-refractivity contribution in [3.63, 3.8) is 0 Å². The van der Waals surface area contributed by atoms with Crippen LogP contribution in [-0.2, 0) is 6.42 Å². The zero-order chi connectivity index (χ0) is 19.2. The summed E-state index contributed by atoms with van der Waals surface area (Å²) in [6.07, 6.45) is 0.795. The van der Waals surface area contributed by atoms with E-state index in [0.717, 1.165) is 34.9 Å². The third-order valence-electron chi connectivity index (χ3n) is 3.88. The minimum absolute atomic E-state index is 0.554. The second-order valence-corrected chi connectivity index (χ2v) is 6.03. The Morgan fingerprint density at radius 2 is 1.78 bits per heavy atom. The maximum Gasteiger partial charge on any atom is 0.224 e. The molecule has 0 saturated heterocycles. The summed E-state index contributed by atoms with van der Waals surface area (Å²) in [5.74, 6) is 3.99. The number of nitrogens with zero attached hydrogens (tertiary/aromatic N) is 3. The smallest absolute Gasteiger partial charge is 0.224 e. The molecule has 0 amide bonds. The van der Waals surface area contributed by atoms with Gasteiger partial charge in [-0.3, -0.25) is 0 Å². The number of anilines is 3. The summed E-state index contributed by atoms with van der Waals surface area (Å²) >= 11 is 0. The summed E-state index contributed by atoms with van der Waals surface area (Å²) in [6.45, 7) is 4.44. The Kier molecular flexibility index (Phi) is 5.75. The molecule has 27 heavy (non-hydrogen) atoms. The first-order chi connectivity index (χ1) is 13.1. The van der Waals surface area contributed by atoms with Crippen molar-refractivity contribution in [2.24, 2.45) is 0 Å². The van der Waals surface area contributed by atoms with Gasteiger partial charge in [0.15, 0.2) is 17.3 Å². The van der Waals surface area contributed by atoms with Gasteiger partial charge in [0, 0.05) is 24.4 Å². The lowest BCUT2D eigenvalue weighted by atomic mass is 10.1. The van der Waals surface area contributed by atoms with Crippen molar-refractivity contribution >= 4 is 17.6 Å². The molecule has 0 radical (unpaired) electrons. The first-order valence-electron chi connectivity index (χ1n) is 8.58. The van der Waals surface area contributed by atoms with Gasteiger partial charge in [0.2, 0.25) is 5.95 Å². The topological polar surface area (TPSA) is 94.3 Å². The lowest BCUT2D eigenvalue weighted by molar-refractivity contribution is 0.354. The molecule has 0 atom stereocenters. The van der Waals surface area contributed by atoms with Crippen LogP contribution in [0.3, 0.4) is 0 Å². The quantitative estimate of drug-likeness (QED) is 0.623. The van der Waals surface area contributed by atoms with E-state index in [9.17, 15) is 0 Å². The van der Waals surface area contributed by atoms with Gasteiger partial charge in [-0.15, -0.1) is 0 Å². The van der Waals surface area contributed by atoms with E-state index >= 15 is 0 Å². The zero-order valence-corrected chi connectivity index (χ0v) is 15.9. The first kappa shape index (κ1) is 18.5. The van der Waals surface area contributed by atoms with Crippen LogP contribution in [0, 0.1) is 13.8 Å². The van der Waals surface area contributed by atoms with Crippen LogP contribution in [0.2, 0.25) is 0 Å². The number of aryl methyl sites for hydroxylation is 2. The molecule has 0 fully saturated rings. The average Bonchev–Trinajstić information content (AvgIpc) is 3.05. The molecule has 2 N–H and O–H groups in total. The molecule has 8 heteroatoms. The van der Waals surface area contributed by atoms with E-state index in [4.69, 9.17) is 14.0 Å². The van der Waals surface area contributed by atoms with Crippen molar-refractivity contribution in [1.82, 2.24) is 15.1 Å². The lowest BCUT2D eigenvalue weighted by Crippen LogP contribution is -2.10. The van der Waals surface area contributed by atoms with Gasteiger partial charge in [0.25, 0.3) is 0 Å². The van der Waals surface area contributed by atoms with Gasteiger partial charge in [0.05, 0.1) is 14.2 Å². The second-order valence-electron chi connectivity index (χ2n) is 6.03. The Hall–Kier alpha value is -3.29. The van der Waals surface area contributed by atoms with Crippen LogP contribution in [0.4, 0.5) is 17.6 Å². The molecule has 0 saturated carbocycles. The molecule has 0 bridgehead atoms. The summed E-state index contributed by atoms with van der Waals surface area (Å²) in [5, 5.41) is 10.3. The molecule has 2 aromatic heterocycles. The first-order valence-corrected chi connectivity index (χ1v) is 8.58. The molecule has 0 aliphatic heterocycles. The number of methoxy groups -OCH3 is 2. The van der Waals surface area contributed by atoms with E-state index in [-0.39, 0.29) is 0 Å². The maximum absolute atomic E-state index is 5.34. The third-order valence-corrected chi connectivity index (χ3v) is 3.88. The molecule has 0 spiro atoms. The minimum Gasteiger partial charge on any atom is -0.493 e. The van der Waals surface area contributed by atoms with Gasteiger partial charge in [-0.2, -0.15) is 4.98 Å². The predicted molar refractivity (Wildman–Crippen MR) is 103 cm³/mol. The van der Waals surface area contributed by atoms with Gasteiger partial charge >= 0.3 is 0 Å². The van der Waals surface area contributed by atoms with Gasteiger partial charge in [-0.05, 0) is 38.0 Å². The van der Waals surface area contributed by atoms with Crippen LogP contribution in [-0.4, -0.2) is 35.9 Å². The number of aromatic nitrogens is 3. The van der Waals surface area contributed by atoms with E-state index in [0.29, 0.717) is 24.1 Å². The number of rotatable bonds is 8. The normalized spacial score (nSPS) is 10.5. The standard InChI is InChI=1S/C19H23N5O3/c1-12-9-17(22-18-10-13(2)27-24-18)23-19(21-12)20-8-7-14-5-6-15(25-3)16(11-14)26-4/h5-6,9-11H,7-8H2,1-4H3,(H2,20,21,22,23,24). The average molecular weight is 369 g/mol.